The number of aromatic nitrogens is 3. The van der Waals surface area contributed by atoms with Crippen molar-refractivity contribution in [1.82, 2.24) is 14.8 Å². The topological polar surface area (TPSA) is 59.8 Å². The molecular formula is C25H23ClN4O. The second-order valence-corrected chi connectivity index (χ2v) is 8.11. The molecule has 4 rings (SSSR count). The standard InChI is InChI=1S/C25H23ClN4O/c1-15-11-12-17(3)21(13-15)27-25(31)23-28-24(19-8-6-9-20(26)14-19)30(29-23)22-10-5-7-16(2)18(22)4/h5-14H,1-4H3,(H,27,31). The highest BCUT2D eigenvalue weighted by Gasteiger charge is 2.21. The quantitative estimate of drug-likeness (QED) is 0.427. The van der Waals surface area contributed by atoms with Gasteiger partial charge in [-0.05, 0) is 74.2 Å². The lowest BCUT2D eigenvalue weighted by molar-refractivity contribution is 0.101. The van der Waals surface area contributed by atoms with Crippen LogP contribution in [0.1, 0.15) is 32.9 Å². The Bertz CT molecular complexity index is 1290. The Hall–Kier alpha value is -3.44. The van der Waals surface area contributed by atoms with Gasteiger partial charge in [-0.15, -0.1) is 5.10 Å². The lowest BCUT2D eigenvalue weighted by Gasteiger charge is -2.11. The maximum absolute atomic E-state index is 13.0. The molecule has 1 amide bonds. The molecule has 1 N–H and O–H groups in total. The molecule has 4 aromatic rings. The van der Waals surface area contributed by atoms with E-state index in [1.54, 1.807) is 10.7 Å². The Morgan fingerprint density at radius 1 is 0.935 bits per heavy atom. The van der Waals surface area contributed by atoms with Gasteiger partial charge in [-0.25, -0.2) is 9.67 Å². The zero-order chi connectivity index (χ0) is 22.1. The molecule has 0 saturated carbocycles. The number of hydrogen-bond acceptors (Lipinski definition) is 3. The van der Waals surface area contributed by atoms with E-state index in [2.05, 4.69) is 15.4 Å². The Labute approximate surface area is 186 Å². The molecule has 0 aliphatic carbocycles. The van der Waals surface area contributed by atoms with E-state index < -0.39 is 0 Å². The number of carbonyl (C=O) groups is 1. The molecule has 31 heavy (non-hydrogen) atoms. The number of benzene rings is 3. The van der Waals surface area contributed by atoms with Crippen LogP contribution >= 0.6 is 11.6 Å². The van der Waals surface area contributed by atoms with Crippen molar-refractivity contribution in [3.8, 4) is 17.1 Å². The highest BCUT2D eigenvalue weighted by molar-refractivity contribution is 6.30. The average molecular weight is 431 g/mol. The van der Waals surface area contributed by atoms with E-state index in [-0.39, 0.29) is 11.7 Å². The van der Waals surface area contributed by atoms with Crippen molar-refractivity contribution >= 4 is 23.2 Å². The van der Waals surface area contributed by atoms with Crippen LogP contribution in [-0.2, 0) is 0 Å². The molecule has 1 aromatic heterocycles. The van der Waals surface area contributed by atoms with Crippen molar-refractivity contribution in [2.45, 2.75) is 27.7 Å². The summed E-state index contributed by atoms with van der Waals surface area (Å²) in [5.74, 6) is 0.292. The molecule has 0 fully saturated rings. The number of halogens is 1. The molecule has 0 bridgehead atoms. The van der Waals surface area contributed by atoms with Crippen LogP contribution in [0.3, 0.4) is 0 Å². The third-order valence-electron chi connectivity index (χ3n) is 5.34. The van der Waals surface area contributed by atoms with Crippen LogP contribution < -0.4 is 5.32 Å². The van der Waals surface area contributed by atoms with E-state index in [9.17, 15) is 4.79 Å². The van der Waals surface area contributed by atoms with Crippen molar-refractivity contribution in [2.24, 2.45) is 0 Å². The zero-order valence-corrected chi connectivity index (χ0v) is 18.7. The van der Waals surface area contributed by atoms with E-state index >= 15 is 0 Å². The summed E-state index contributed by atoms with van der Waals surface area (Å²) in [5.41, 5.74) is 6.64. The van der Waals surface area contributed by atoms with Crippen LogP contribution in [0.4, 0.5) is 5.69 Å². The molecule has 0 radical (unpaired) electrons. The first-order chi connectivity index (χ1) is 14.8. The van der Waals surface area contributed by atoms with E-state index in [0.717, 1.165) is 39.2 Å². The molecular weight excluding hydrogens is 408 g/mol. The molecule has 0 aliphatic rings. The fourth-order valence-electron chi connectivity index (χ4n) is 3.40. The Kier molecular flexibility index (Phi) is 5.61. The molecule has 156 valence electrons. The van der Waals surface area contributed by atoms with Crippen LogP contribution in [0.15, 0.2) is 60.7 Å². The number of rotatable bonds is 4. The van der Waals surface area contributed by atoms with Gasteiger partial charge in [0.25, 0.3) is 5.91 Å². The maximum atomic E-state index is 13.0. The van der Waals surface area contributed by atoms with Crippen molar-refractivity contribution in [3.63, 3.8) is 0 Å². The molecule has 3 aromatic carbocycles. The van der Waals surface area contributed by atoms with Crippen LogP contribution in [0.2, 0.25) is 5.02 Å². The molecule has 0 atom stereocenters. The smallest absolute Gasteiger partial charge is 0.295 e. The summed E-state index contributed by atoms with van der Waals surface area (Å²) in [6.07, 6.45) is 0. The number of aryl methyl sites for hydroxylation is 3. The van der Waals surface area contributed by atoms with Gasteiger partial charge in [0.2, 0.25) is 5.82 Å². The van der Waals surface area contributed by atoms with Crippen molar-refractivity contribution in [3.05, 3.63) is 93.8 Å². The van der Waals surface area contributed by atoms with Crippen molar-refractivity contribution < 1.29 is 4.79 Å². The van der Waals surface area contributed by atoms with Crippen molar-refractivity contribution in [1.29, 1.82) is 0 Å². The summed E-state index contributed by atoms with van der Waals surface area (Å²) in [5, 5.41) is 8.12. The minimum absolute atomic E-state index is 0.0942. The fraction of sp³-hybridized carbons (Fsp3) is 0.160. The summed E-state index contributed by atoms with van der Waals surface area (Å²) in [7, 11) is 0. The molecule has 6 heteroatoms. The summed E-state index contributed by atoms with van der Waals surface area (Å²) >= 11 is 6.22. The number of carbonyl (C=O) groups excluding carboxylic acids is 1. The first-order valence-corrected chi connectivity index (χ1v) is 10.4. The van der Waals surface area contributed by atoms with Gasteiger partial charge in [-0.1, -0.05) is 48.0 Å². The van der Waals surface area contributed by atoms with E-state index in [4.69, 9.17) is 11.6 Å². The minimum atomic E-state index is -0.360. The molecule has 0 saturated heterocycles. The second-order valence-electron chi connectivity index (χ2n) is 7.67. The number of nitrogens with one attached hydrogen (secondary N) is 1. The lowest BCUT2D eigenvalue weighted by atomic mass is 10.1. The van der Waals surface area contributed by atoms with Gasteiger partial charge < -0.3 is 5.32 Å². The van der Waals surface area contributed by atoms with E-state index in [1.807, 2.05) is 82.3 Å². The van der Waals surface area contributed by atoms with Gasteiger partial charge in [0.1, 0.15) is 0 Å². The lowest BCUT2D eigenvalue weighted by Crippen LogP contribution is -2.15. The Morgan fingerprint density at radius 2 is 1.71 bits per heavy atom. The molecule has 0 aliphatic heterocycles. The van der Waals surface area contributed by atoms with Gasteiger partial charge in [0.05, 0.1) is 5.69 Å². The monoisotopic (exact) mass is 430 g/mol. The first kappa shape index (κ1) is 20.8. The van der Waals surface area contributed by atoms with Crippen LogP contribution in [0.25, 0.3) is 17.1 Å². The van der Waals surface area contributed by atoms with E-state index in [0.29, 0.717) is 10.8 Å². The van der Waals surface area contributed by atoms with Crippen LogP contribution in [0.5, 0.6) is 0 Å². The molecule has 1 heterocycles. The van der Waals surface area contributed by atoms with Gasteiger partial charge in [0, 0.05) is 16.3 Å². The predicted octanol–water partition coefficient (Wildman–Crippen LogP) is 6.07. The normalized spacial score (nSPS) is 10.9. The summed E-state index contributed by atoms with van der Waals surface area (Å²) in [6.45, 7) is 8.02. The SMILES string of the molecule is Cc1ccc(C)c(NC(=O)c2nc(-c3cccc(Cl)c3)n(-c3cccc(C)c3C)n2)c1. The van der Waals surface area contributed by atoms with Gasteiger partial charge in [-0.2, -0.15) is 0 Å². The predicted molar refractivity (Wildman–Crippen MR) is 125 cm³/mol. The Balaban J connectivity index is 1.82. The van der Waals surface area contributed by atoms with Crippen molar-refractivity contribution in [2.75, 3.05) is 5.32 Å². The summed E-state index contributed by atoms with van der Waals surface area (Å²) in [4.78, 5) is 17.6. The van der Waals surface area contributed by atoms with Crippen LogP contribution in [-0.4, -0.2) is 20.7 Å². The largest absolute Gasteiger partial charge is 0.319 e. The molecule has 5 nitrogen and oxygen atoms in total. The second kappa shape index (κ2) is 8.36. The number of hydrogen-bond donors (Lipinski definition) is 1. The van der Waals surface area contributed by atoms with E-state index in [1.165, 1.54) is 0 Å². The first-order valence-electron chi connectivity index (χ1n) is 10.0. The number of anilines is 1. The maximum Gasteiger partial charge on any atom is 0.295 e. The third kappa shape index (κ3) is 4.23. The fourth-order valence-corrected chi connectivity index (χ4v) is 3.59. The highest BCUT2D eigenvalue weighted by atomic mass is 35.5. The summed E-state index contributed by atoms with van der Waals surface area (Å²) in [6, 6.07) is 19.3. The van der Waals surface area contributed by atoms with Crippen LogP contribution in [0, 0.1) is 27.7 Å². The molecule has 0 spiro atoms. The van der Waals surface area contributed by atoms with Gasteiger partial charge in [0.15, 0.2) is 5.82 Å². The summed E-state index contributed by atoms with van der Waals surface area (Å²) < 4.78 is 1.71. The number of amides is 1. The third-order valence-corrected chi connectivity index (χ3v) is 5.57. The number of nitrogens with zero attached hydrogens (tertiary/aromatic N) is 3. The van der Waals surface area contributed by atoms with Gasteiger partial charge >= 0.3 is 0 Å². The highest BCUT2D eigenvalue weighted by Crippen LogP contribution is 2.27. The zero-order valence-electron chi connectivity index (χ0n) is 17.9. The average Bonchev–Trinajstić information content (AvgIpc) is 3.18. The van der Waals surface area contributed by atoms with Gasteiger partial charge in [-0.3, -0.25) is 4.79 Å². The molecule has 0 unspecified atom stereocenters. The Morgan fingerprint density at radius 3 is 2.48 bits per heavy atom. The minimum Gasteiger partial charge on any atom is -0.319 e.